The molecule has 2 heterocycles. The van der Waals surface area contributed by atoms with Gasteiger partial charge in [-0.3, -0.25) is 0 Å². The number of imidazole rings is 1. The molecule has 0 amide bonds. The number of pyridine rings is 1. The van der Waals surface area contributed by atoms with E-state index in [0.29, 0.717) is 5.92 Å². The standard InChI is InChI=1S/C14H21N5/c1-9-4-3-7-14(15,8-9)13-17-10-5-6-11(16-2)18-12(10)19-13/h5-6,9H,3-4,7-8,15H2,1-2H3,(H2,16,17,18,19). The van der Waals surface area contributed by atoms with Crippen molar-refractivity contribution in [2.75, 3.05) is 12.4 Å². The van der Waals surface area contributed by atoms with Crippen molar-refractivity contribution in [1.29, 1.82) is 0 Å². The van der Waals surface area contributed by atoms with Crippen LogP contribution in [0, 0.1) is 5.92 Å². The first-order valence-corrected chi connectivity index (χ1v) is 6.94. The van der Waals surface area contributed by atoms with E-state index in [-0.39, 0.29) is 5.54 Å². The molecule has 2 aromatic heterocycles. The van der Waals surface area contributed by atoms with Crippen molar-refractivity contribution in [3.8, 4) is 0 Å². The highest BCUT2D eigenvalue weighted by atomic mass is 15.1. The molecule has 1 saturated carbocycles. The summed E-state index contributed by atoms with van der Waals surface area (Å²) in [5, 5.41) is 3.03. The van der Waals surface area contributed by atoms with Gasteiger partial charge in [-0.1, -0.05) is 19.8 Å². The molecule has 19 heavy (non-hydrogen) atoms. The Kier molecular flexibility index (Phi) is 2.93. The molecule has 1 aliphatic rings. The number of nitrogens with zero attached hydrogens (tertiary/aromatic N) is 2. The summed E-state index contributed by atoms with van der Waals surface area (Å²) >= 11 is 0. The second-order valence-corrected chi connectivity index (χ2v) is 5.76. The molecule has 1 aliphatic carbocycles. The molecule has 2 unspecified atom stereocenters. The van der Waals surface area contributed by atoms with Crippen molar-refractivity contribution in [3.05, 3.63) is 18.0 Å². The van der Waals surface area contributed by atoms with Crippen LogP contribution >= 0.6 is 0 Å². The van der Waals surface area contributed by atoms with Crippen LogP contribution in [0.4, 0.5) is 5.82 Å². The molecule has 1 fully saturated rings. The van der Waals surface area contributed by atoms with Gasteiger partial charge < -0.3 is 16.0 Å². The van der Waals surface area contributed by atoms with E-state index in [4.69, 9.17) is 5.73 Å². The summed E-state index contributed by atoms with van der Waals surface area (Å²) in [6, 6.07) is 3.94. The molecule has 3 rings (SSSR count). The average molecular weight is 259 g/mol. The Hall–Kier alpha value is -1.62. The molecular formula is C14H21N5. The number of rotatable bonds is 2. The number of hydrogen-bond donors (Lipinski definition) is 3. The third kappa shape index (κ3) is 2.18. The van der Waals surface area contributed by atoms with Crippen LogP contribution in [-0.4, -0.2) is 22.0 Å². The van der Waals surface area contributed by atoms with Crippen molar-refractivity contribution in [3.63, 3.8) is 0 Å². The molecule has 0 bridgehead atoms. The molecule has 5 heteroatoms. The smallest absolute Gasteiger partial charge is 0.179 e. The van der Waals surface area contributed by atoms with Gasteiger partial charge in [-0.25, -0.2) is 9.97 Å². The zero-order chi connectivity index (χ0) is 13.5. The highest BCUT2D eigenvalue weighted by Crippen LogP contribution is 2.37. The number of nitrogens with two attached hydrogens (primary N) is 1. The topological polar surface area (TPSA) is 79.6 Å². The fourth-order valence-electron chi connectivity index (χ4n) is 3.07. The van der Waals surface area contributed by atoms with E-state index in [9.17, 15) is 0 Å². The van der Waals surface area contributed by atoms with Gasteiger partial charge in [0, 0.05) is 7.05 Å². The van der Waals surface area contributed by atoms with Crippen LogP contribution in [0.5, 0.6) is 0 Å². The van der Waals surface area contributed by atoms with E-state index >= 15 is 0 Å². The lowest BCUT2D eigenvalue weighted by Crippen LogP contribution is -2.42. The second kappa shape index (κ2) is 4.49. The minimum Gasteiger partial charge on any atom is -0.373 e. The Morgan fingerprint density at radius 1 is 1.42 bits per heavy atom. The van der Waals surface area contributed by atoms with E-state index in [1.807, 2.05) is 19.2 Å². The predicted molar refractivity (Wildman–Crippen MR) is 76.9 cm³/mol. The van der Waals surface area contributed by atoms with Crippen LogP contribution in [0.3, 0.4) is 0 Å². The van der Waals surface area contributed by atoms with Crippen molar-refractivity contribution in [2.24, 2.45) is 11.7 Å². The van der Waals surface area contributed by atoms with Crippen molar-refractivity contribution < 1.29 is 0 Å². The lowest BCUT2D eigenvalue weighted by molar-refractivity contribution is 0.230. The van der Waals surface area contributed by atoms with Crippen molar-refractivity contribution in [1.82, 2.24) is 15.0 Å². The van der Waals surface area contributed by atoms with E-state index in [1.165, 1.54) is 12.8 Å². The molecule has 2 aromatic rings. The van der Waals surface area contributed by atoms with Gasteiger partial charge in [-0.15, -0.1) is 0 Å². The van der Waals surface area contributed by atoms with Crippen LogP contribution < -0.4 is 11.1 Å². The molecule has 4 N–H and O–H groups in total. The van der Waals surface area contributed by atoms with Gasteiger partial charge in [-0.05, 0) is 30.9 Å². The maximum atomic E-state index is 6.57. The molecule has 102 valence electrons. The summed E-state index contributed by atoms with van der Waals surface area (Å²) in [4.78, 5) is 12.4. The van der Waals surface area contributed by atoms with E-state index in [0.717, 1.165) is 35.6 Å². The Labute approximate surface area is 113 Å². The molecule has 0 spiro atoms. The van der Waals surface area contributed by atoms with Crippen LogP contribution in [0.25, 0.3) is 11.2 Å². The molecule has 2 atom stereocenters. The Bertz CT molecular complexity index is 591. The number of H-pyrrole nitrogens is 1. The quantitative estimate of drug-likeness (QED) is 0.773. The largest absolute Gasteiger partial charge is 0.373 e. The monoisotopic (exact) mass is 259 g/mol. The first-order chi connectivity index (χ1) is 9.10. The van der Waals surface area contributed by atoms with Crippen LogP contribution in [0.15, 0.2) is 12.1 Å². The van der Waals surface area contributed by atoms with E-state index < -0.39 is 0 Å². The Balaban J connectivity index is 2.00. The molecule has 0 aliphatic heterocycles. The van der Waals surface area contributed by atoms with Gasteiger partial charge in [0.05, 0.1) is 11.1 Å². The minimum atomic E-state index is -0.321. The SMILES string of the molecule is CNc1ccc2[nH]c(C3(N)CCCC(C)C3)nc2n1. The fourth-order valence-corrected chi connectivity index (χ4v) is 3.07. The first-order valence-electron chi connectivity index (χ1n) is 6.94. The van der Waals surface area contributed by atoms with Crippen LogP contribution in [-0.2, 0) is 5.54 Å². The summed E-state index contributed by atoms with van der Waals surface area (Å²) in [6.45, 7) is 2.26. The van der Waals surface area contributed by atoms with E-state index in [1.54, 1.807) is 0 Å². The van der Waals surface area contributed by atoms with Gasteiger partial charge in [0.1, 0.15) is 11.6 Å². The highest BCUT2D eigenvalue weighted by molar-refractivity contribution is 5.73. The number of anilines is 1. The van der Waals surface area contributed by atoms with Crippen molar-refractivity contribution in [2.45, 2.75) is 38.1 Å². The first kappa shape index (κ1) is 12.4. The number of hydrogen-bond acceptors (Lipinski definition) is 4. The Morgan fingerprint density at radius 3 is 3.00 bits per heavy atom. The van der Waals surface area contributed by atoms with Crippen molar-refractivity contribution >= 4 is 17.0 Å². The zero-order valence-electron chi connectivity index (χ0n) is 11.5. The number of aromatic nitrogens is 3. The third-order valence-electron chi connectivity index (χ3n) is 4.11. The second-order valence-electron chi connectivity index (χ2n) is 5.76. The Morgan fingerprint density at radius 2 is 2.26 bits per heavy atom. The summed E-state index contributed by atoms with van der Waals surface area (Å²) in [7, 11) is 1.86. The number of nitrogens with one attached hydrogen (secondary N) is 2. The van der Waals surface area contributed by atoms with Crippen LogP contribution in [0.2, 0.25) is 0 Å². The average Bonchev–Trinajstić information content (AvgIpc) is 2.81. The zero-order valence-corrected chi connectivity index (χ0v) is 11.5. The number of fused-ring (bicyclic) bond motifs is 1. The fraction of sp³-hybridized carbons (Fsp3) is 0.571. The summed E-state index contributed by atoms with van der Waals surface area (Å²) in [6.07, 6.45) is 4.42. The van der Waals surface area contributed by atoms with Gasteiger partial charge in [-0.2, -0.15) is 0 Å². The highest BCUT2D eigenvalue weighted by Gasteiger charge is 2.35. The molecular weight excluding hydrogens is 238 g/mol. The minimum absolute atomic E-state index is 0.321. The van der Waals surface area contributed by atoms with Gasteiger partial charge >= 0.3 is 0 Å². The molecule has 0 saturated heterocycles. The lowest BCUT2D eigenvalue weighted by Gasteiger charge is -2.34. The maximum Gasteiger partial charge on any atom is 0.179 e. The third-order valence-corrected chi connectivity index (χ3v) is 4.11. The van der Waals surface area contributed by atoms with E-state index in [2.05, 4.69) is 27.2 Å². The normalized spacial score (nSPS) is 27.6. The van der Waals surface area contributed by atoms with Crippen LogP contribution in [0.1, 0.15) is 38.4 Å². The predicted octanol–water partition coefficient (Wildman–Crippen LogP) is 2.36. The molecule has 0 radical (unpaired) electrons. The van der Waals surface area contributed by atoms with Gasteiger partial charge in [0.25, 0.3) is 0 Å². The molecule has 0 aromatic carbocycles. The summed E-state index contributed by atoms with van der Waals surface area (Å²) in [5.74, 6) is 2.37. The molecule has 5 nitrogen and oxygen atoms in total. The van der Waals surface area contributed by atoms with Gasteiger partial charge in [0.2, 0.25) is 0 Å². The summed E-state index contributed by atoms with van der Waals surface area (Å²) < 4.78 is 0. The summed E-state index contributed by atoms with van der Waals surface area (Å²) in [5.41, 5.74) is 7.94. The van der Waals surface area contributed by atoms with Gasteiger partial charge in [0.15, 0.2) is 5.65 Å². The maximum absolute atomic E-state index is 6.57. The number of aromatic amines is 1. The lowest BCUT2D eigenvalue weighted by atomic mass is 9.76.